The Morgan fingerprint density at radius 1 is 1.32 bits per heavy atom. The molecule has 3 rings (SSSR count). The third-order valence-electron chi connectivity index (χ3n) is 4.92. The molecule has 0 radical (unpaired) electrons. The fraction of sp³-hybridized carbons (Fsp3) is 0.611. The van der Waals surface area contributed by atoms with Gasteiger partial charge in [-0.05, 0) is 61.4 Å². The summed E-state index contributed by atoms with van der Waals surface area (Å²) >= 11 is 0. The number of carboxylic acids is 1. The minimum absolute atomic E-state index is 0.325. The highest BCUT2D eigenvalue weighted by Gasteiger charge is 2.21. The number of fused-ring (bicyclic) bond motifs is 1. The van der Waals surface area contributed by atoms with E-state index in [4.69, 9.17) is 9.84 Å². The molecule has 4 heteroatoms. The van der Waals surface area contributed by atoms with Crippen LogP contribution in [0.5, 0.6) is 0 Å². The smallest absolute Gasteiger partial charge is 0.303 e. The van der Waals surface area contributed by atoms with Crippen molar-refractivity contribution in [1.29, 1.82) is 0 Å². The first-order valence-corrected chi connectivity index (χ1v) is 8.34. The SMILES string of the molecule is O=C(O)CC1CCCN(Cc2cccc3c2CCOC3)CC1. The Morgan fingerprint density at radius 3 is 3.09 bits per heavy atom. The summed E-state index contributed by atoms with van der Waals surface area (Å²) in [7, 11) is 0. The van der Waals surface area contributed by atoms with E-state index in [-0.39, 0.29) is 0 Å². The Kier molecular flexibility index (Phi) is 5.11. The van der Waals surface area contributed by atoms with Crippen LogP contribution >= 0.6 is 0 Å². The molecule has 1 aromatic carbocycles. The molecule has 0 spiro atoms. The Labute approximate surface area is 132 Å². The number of nitrogens with zero attached hydrogens (tertiary/aromatic N) is 1. The number of benzene rings is 1. The number of ether oxygens (including phenoxy) is 1. The van der Waals surface area contributed by atoms with Gasteiger partial charge in [-0.3, -0.25) is 9.69 Å². The van der Waals surface area contributed by atoms with Crippen molar-refractivity contribution in [3.05, 3.63) is 34.9 Å². The van der Waals surface area contributed by atoms with Gasteiger partial charge in [0.05, 0.1) is 13.2 Å². The van der Waals surface area contributed by atoms with Gasteiger partial charge in [0.25, 0.3) is 0 Å². The molecule has 0 bridgehead atoms. The molecule has 1 N–H and O–H groups in total. The second kappa shape index (κ2) is 7.25. The number of hydrogen-bond acceptors (Lipinski definition) is 3. The van der Waals surface area contributed by atoms with Crippen LogP contribution < -0.4 is 0 Å². The number of hydrogen-bond donors (Lipinski definition) is 1. The zero-order chi connectivity index (χ0) is 15.4. The standard InChI is InChI=1S/C18H25NO3/c20-18(21)11-14-3-2-8-19(9-6-14)12-15-4-1-5-16-13-22-10-7-17(15)16/h1,4-5,14H,2-3,6-13H2,(H,20,21). The summed E-state index contributed by atoms with van der Waals surface area (Å²) in [5.41, 5.74) is 4.24. The lowest BCUT2D eigenvalue weighted by molar-refractivity contribution is -0.138. The second-order valence-corrected chi connectivity index (χ2v) is 6.53. The van der Waals surface area contributed by atoms with Crippen LogP contribution in [-0.2, 0) is 29.1 Å². The van der Waals surface area contributed by atoms with Crippen molar-refractivity contribution in [2.75, 3.05) is 19.7 Å². The first kappa shape index (κ1) is 15.5. The maximum atomic E-state index is 10.9. The van der Waals surface area contributed by atoms with E-state index >= 15 is 0 Å². The zero-order valence-electron chi connectivity index (χ0n) is 13.1. The number of carbonyl (C=O) groups is 1. The summed E-state index contributed by atoms with van der Waals surface area (Å²) in [6, 6.07) is 6.54. The van der Waals surface area contributed by atoms with E-state index in [2.05, 4.69) is 23.1 Å². The minimum atomic E-state index is -0.657. The van der Waals surface area contributed by atoms with E-state index in [0.29, 0.717) is 12.3 Å². The van der Waals surface area contributed by atoms with E-state index in [0.717, 1.165) is 58.5 Å². The summed E-state index contributed by atoms with van der Waals surface area (Å²) in [6.45, 7) is 4.64. The molecule has 1 fully saturated rings. The van der Waals surface area contributed by atoms with Gasteiger partial charge in [0.1, 0.15) is 0 Å². The van der Waals surface area contributed by atoms with Crippen molar-refractivity contribution < 1.29 is 14.6 Å². The monoisotopic (exact) mass is 303 g/mol. The summed E-state index contributed by atoms with van der Waals surface area (Å²) in [6.07, 6.45) is 4.50. The van der Waals surface area contributed by atoms with Crippen molar-refractivity contribution in [3.8, 4) is 0 Å². The lowest BCUT2D eigenvalue weighted by Crippen LogP contribution is -2.26. The van der Waals surface area contributed by atoms with Crippen LogP contribution in [0.15, 0.2) is 18.2 Å². The van der Waals surface area contributed by atoms with Crippen LogP contribution in [0.25, 0.3) is 0 Å². The van der Waals surface area contributed by atoms with Gasteiger partial charge in [-0.15, -0.1) is 0 Å². The van der Waals surface area contributed by atoms with Gasteiger partial charge in [-0.1, -0.05) is 18.2 Å². The molecule has 1 aromatic rings. The molecule has 1 unspecified atom stereocenters. The van der Waals surface area contributed by atoms with Gasteiger partial charge in [0, 0.05) is 13.0 Å². The fourth-order valence-corrected chi connectivity index (χ4v) is 3.72. The van der Waals surface area contributed by atoms with Crippen LogP contribution in [0.1, 0.15) is 42.4 Å². The van der Waals surface area contributed by atoms with Gasteiger partial charge in [0.2, 0.25) is 0 Å². The van der Waals surface area contributed by atoms with Crippen molar-refractivity contribution in [2.24, 2.45) is 5.92 Å². The van der Waals surface area contributed by atoms with Gasteiger partial charge < -0.3 is 9.84 Å². The molecular formula is C18H25NO3. The molecule has 0 saturated carbocycles. The van der Waals surface area contributed by atoms with Crippen LogP contribution in [-0.4, -0.2) is 35.7 Å². The molecule has 1 saturated heterocycles. The third kappa shape index (κ3) is 3.87. The van der Waals surface area contributed by atoms with Crippen molar-refractivity contribution in [3.63, 3.8) is 0 Å². The zero-order valence-corrected chi connectivity index (χ0v) is 13.1. The number of likely N-dealkylation sites (tertiary alicyclic amines) is 1. The molecule has 4 nitrogen and oxygen atoms in total. The van der Waals surface area contributed by atoms with Gasteiger partial charge >= 0.3 is 5.97 Å². The summed E-state index contributed by atoms with van der Waals surface area (Å²) in [5, 5.41) is 8.97. The highest BCUT2D eigenvalue weighted by Crippen LogP contribution is 2.25. The molecule has 1 atom stereocenters. The Balaban J connectivity index is 1.63. The van der Waals surface area contributed by atoms with Crippen molar-refractivity contribution >= 4 is 5.97 Å². The number of carboxylic acid groups (broad SMARTS) is 1. The second-order valence-electron chi connectivity index (χ2n) is 6.53. The topological polar surface area (TPSA) is 49.8 Å². The predicted molar refractivity (Wildman–Crippen MR) is 84.7 cm³/mol. The van der Waals surface area contributed by atoms with Crippen molar-refractivity contribution in [2.45, 2.75) is 45.3 Å². The van der Waals surface area contributed by atoms with Gasteiger partial charge in [-0.25, -0.2) is 0 Å². The highest BCUT2D eigenvalue weighted by molar-refractivity contribution is 5.67. The number of rotatable bonds is 4. The normalized spacial score (nSPS) is 22.8. The predicted octanol–water partition coefficient (Wildman–Crippen LogP) is 2.84. The van der Waals surface area contributed by atoms with Crippen LogP contribution in [0.4, 0.5) is 0 Å². The average molecular weight is 303 g/mol. The number of aliphatic carboxylic acids is 1. The molecule has 22 heavy (non-hydrogen) atoms. The van der Waals surface area contributed by atoms with Gasteiger partial charge in [-0.2, -0.15) is 0 Å². The van der Waals surface area contributed by atoms with E-state index < -0.39 is 5.97 Å². The Bertz CT molecular complexity index is 529. The Morgan fingerprint density at radius 2 is 2.23 bits per heavy atom. The minimum Gasteiger partial charge on any atom is -0.481 e. The van der Waals surface area contributed by atoms with E-state index in [1.807, 2.05) is 0 Å². The summed E-state index contributed by atoms with van der Waals surface area (Å²) in [5.74, 6) is -0.309. The van der Waals surface area contributed by atoms with E-state index in [9.17, 15) is 4.79 Å². The molecule has 0 aliphatic carbocycles. The molecule has 2 aliphatic rings. The Hall–Kier alpha value is -1.39. The first-order valence-electron chi connectivity index (χ1n) is 8.34. The van der Waals surface area contributed by atoms with Crippen LogP contribution in [0.2, 0.25) is 0 Å². The third-order valence-corrected chi connectivity index (χ3v) is 4.92. The van der Waals surface area contributed by atoms with Crippen molar-refractivity contribution in [1.82, 2.24) is 4.90 Å². The lowest BCUT2D eigenvalue weighted by Gasteiger charge is -2.25. The maximum absolute atomic E-state index is 10.9. The maximum Gasteiger partial charge on any atom is 0.303 e. The summed E-state index contributed by atoms with van der Waals surface area (Å²) in [4.78, 5) is 13.4. The highest BCUT2D eigenvalue weighted by atomic mass is 16.5. The molecule has 0 aromatic heterocycles. The average Bonchev–Trinajstić information content (AvgIpc) is 2.73. The fourth-order valence-electron chi connectivity index (χ4n) is 3.72. The molecule has 2 heterocycles. The lowest BCUT2D eigenvalue weighted by atomic mass is 9.96. The molecular weight excluding hydrogens is 278 g/mol. The molecule has 0 amide bonds. The summed E-state index contributed by atoms with van der Waals surface area (Å²) < 4.78 is 5.54. The van der Waals surface area contributed by atoms with Gasteiger partial charge in [0.15, 0.2) is 0 Å². The molecule has 2 aliphatic heterocycles. The van der Waals surface area contributed by atoms with E-state index in [1.165, 1.54) is 16.7 Å². The van der Waals surface area contributed by atoms with Crippen LogP contribution in [0, 0.1) is 5.92 Å². The van der Waals surface area contributed by atoms with Crippen LogP contribution in [0.3, 0.4) is 0 Å². The molecule has 120 valence electrons. The quantitative estimate of drug-likeness (QED) is 0.929. The largest absolute Gasteiger partial charge is 0.481 e. The first-order chi connectivity index (χ1) is 10.7. The van der Waals surface area contributed by atoms with E-state index in [1.54, 1.807) is 0 Å².